The molecule has 1 fully saturated rings. The third kappa shape index (κ3) is 2.81. The first-order chi connectivity index (χ1) is 7.24. The molecule has 15 heavy (non-hydrogen) atoms. The molecule has 0 radical (unpaired) electrons. The number of hydrogen-bond acceptors (Lipinski definition) is 4. The zero-order valence-corrected chi connectivity index (χ0v) is 9.07. The lowest BCUT2D eigenvalue weighted by molar-refractivity contribution is 0.217. The molecule has 1 saturated carbocycles. The number of hydrogen-bond donors (Lipinski definition) is 1. The van der Waals surface area contributed by atoms with E-state index in [4.69, 9.17) is 10.5 Å². The Morgan fingerprint density at radius 2 is 2.27 bits per heavy atom. The highest BCUT2D eigenvalue weighted by Crippen LogP contribution is 2.29. The molecule has 4 heteroatoms. The summed E-state index contributed by atoms with van der Waals surface area (Å²) in [6.45, 7) is 2.62. The minimum atomic E-state index is 0.286. The average Bonchev–Trinajstić information content (AvgIpc) is 2.07. The van der Waals surface area contributed by atoms with Gasteiger partial charge in [-0.3, -0.25) is 0 Å². The van der Waals surface area contributed by atoms with Crippen molar-refractivity contribution >= 4 is 5.95 Å². The normalized spacial score (nSPS) is 16.1. The first-order valence-electron chi connectivity index (χ1n) is 5.48. The first kappa shape index (κ1) is 10.2. The van der Waals surface area contributed by atoms with E-state index in [9.17, 15) is 0 Å². The molecular weight excluding hydrogens is 190 g/mol. The van der Waals surface area contributed by atoms with Gasteiger partial charge in [-0.15, -0.1) is 0 Å². The van der Waals surface area contributed by atoms with Crippen LogP contribution in [0.2, 0.25) is 0 Å². The summed E-state index contributed by atoms with van der Waals surface area (Å²) in [5, 5.41) is 0. The summed E-state index contributed by atoms with van der Waals surface area (Å²) < 4.78 is 5.54. The Kier molecular flexibility index (Phi) is 3.04. The standard InChI is InChI=1S/C11H17N3O/c1-8-7-10(14-11(12)13-8)15-6-5-9-3-2-4-9/h7,9H,2-6H2,1H3,(H2,12,13,14). The molecule has 1 aromatic heterocycles. The smallest absolute Gasteiger partial charge is 0.223 e. The van der Waals surface area contributed by atoms with Gasteiger partial charge in [-0.25, -0.2) is 4.98 Å². The molecule has 0 atom stereocenters. The number of ether oxygens (including phenoxy) is 1. The zero-order chi connectivity index (χ0) is 10.7. The molecule has 0 unspecified atom stereocenters. The second-order valence-corrected chi connectivity index (χ2v) is 4.14. The molecule has 0 bridgehead atoms. The van der Waals surface area contributed by atoms with Crippen molar-refractivity contribution in [2.75, 3.05) is 12.3 Å². The number of nitrogen functional groups attached to an aromatic ring is 1. The monoisotopic (exact) mass is 207 g/mol. The Morgan fingerprint density at radius 3 is 2.87 bits per heavy atom. The summed E-state index contributed by atoms with van der Waals surface area (Å²) in [5.41, 5.74) is 6.37. The molecule has 1 aromatic rings. The summed E-state index contributed by atoms with van der Waals surface area (Å²) in [4.78, 5) is 8.01. The Balaban J connectivity index is 1.81. The van der Waals surface area contributed by atoms with Crippen LogP contribution in [-0.4, -0.2) is 16.6 Å². The molecule has 82 valence electrons. The number of aromatic nitrogens is 2. The molecule has 2 rings (SSSR count). The van der Waals surface area contributed by atoms with E-state index >= 15 is 0 Å². The quantitative estimate of drug-likeness (QED) is 0.819. The van der Waals surface area contributed by atoms with Gasteiger partial charge in [0.25, 0.3) is 0 Å². The second kappa shape index (κ2) is 4.47. The van der Waals surface area contributed by atoms with Crippen LogP contribution in [0, 0.1) is 12.8 Å². The average molecular weight is 207 g/mol. The molecular formula is C11H17N3O. The summed E-state index contributed by atoms with van der Waals surface area (Å²) in [6.07, 6.45) is 5.22. The highest BCUT2D eigenvalue weighted by atomic mass is 16.5. The van der Waals surface area contributed by atoms with Crippen LogP contribution in [0.3, 0.4) is 0 Å². The Morgan fingerprint density at radius 1 is 1.47 bits per heavy atom. The highest BCUT2D eigenvalue weighted by molar-refractivity contribution is 5.25. The van der Waals surface area contributed by atoms with Crippen molar-refractivity contribution in [2.24, 2.45) is 5.92 Å². The van der Waals surface area contributed by atoms with Crippen LogP contribution in [0.1, 0.15) is 31.4 Å². The predicted molar refractivity (Wildman–Crippen MR) is 58.6 cm³/mol. The van der Waals surface area contributed by atoms with Gasteiger partial charge >= 0.3 is 0 Å². The number of aryl methyl sites for hydroxylation is 1. The molecule has 4 nitrogen and oxygen atoms in total. The van der Waals surface area contributed by atoms with E-state index in [1.807, 2.05) is 13.0 Å². The van der Waals surface area contributed by atoms with E-state index in [2.05, 4.69) is 9.97 Å². The third-order valence-corrected chi connectivity index (χ3v) is 2.85. The van der Waals surface area contributed by atoms with Crippen LogP contribution in [-0.2, 0) is 0 Å². The largest absolute Gasteiger partial charge is 0.478 e. The van der Waals surface area contributed by atoms with Gasteiger partial charge in [0.2, 0.25) is 11.8 Å². The van der Waals surface area contributed by atoms with Gasteiger partial charge in [0, 0.05) is 11.8 Å². The Bertz CT molecular complexity index is 316. The van der Waals surface area contributed by atoms with E-state index < -0.39 is 0 Å². The molecule has 1 heterocycles. The molecule has 1 aliphatic rings. The molecule has 0 aliphatic heterocycles. The molecule has 2 N–H and O–H groups in total. The third-order valence-electron chi connectivity index (χ3n) is 2.85. The van der Waals surface area contributed by atoms with Gasteiger partial charge in [-0.2, -0.15) is 4.98 Å². The summed E-state index contributed by atoms with van der Waals surface area (Å²) >= 11 is 0. The van der Waals surface area contributed by atoms with Gasteiger partial charge in [0.1, 0.15) is 0 Å². The predicted octanol–water partition coefficient (Wildman–Crippen LogP) is 1.94. The van der Waals surface area contributed by atoms with E-state index in [0.29, 0.717) is 5.88 Å². The maximum Gasteiger partial charge on any atom is 0.223 e. The van der Waals surface area contributed by atoms with Crippen molar-refractivity contribution in [1.29, 1.82) is 0 Å². The Hall–Kier alpha value is -1.32. The van der Waals surface area contributed by atoms with Crippen molar-refractivity contribution in [2.45, 2.75) is 32.6 Å². The first-order valence-corrected chi connectivity index (χ1v) is 5.48. The van der Waals surface area contributed by atoms with Gasteiger partial charge < -0.3 is 10.5 Å². The maximum absolute atomic E-state index is 5.54. The lowest BCUT2D eigenvalue weighted by Gasteiger charge is -2.24. The summed E-state index contributed by atoms with van der Waals surface area (Å²) in [6, 6.07) is 1.82. The topological polar surface area (TPSA) is 61.0 Å². The molecule has 0 amide bonds. The van der Waals surface area contributed by atoms with Crippen molar-refractivity contribution in [3.8, 4) is 5.88 Å². The zero-order valence-electron chi connectivity index (χ0n) is 9.07. The van der Waals surface area contributed by atoms with Crippen molar-refractivity contribution < 1.29 is 4.74 Å². The number of rotatable bonds is 4. The van der Waals surface area contributed by atoms with Gasteiger partial charge in [-0.05, 0) is 19.3 Å². The molecule has 0 saturated heterocycles. The fourth-order valence-corrected chi connectivity index (χ4v) is 1.75. The Labute approximate surface area is 89.9 Å². The summed E-state index contributed by atoms with van der Waals surface area (Å²) in [5.74, 6) is 1.75. The van der Waals surface area contributed by atoms with E-state index in [-0.39, 0.29) is 5.95 Å². The van der Waals surface area contributed by atoms with E-state index in [1.165, 1.54) is 19.3 Å². The van der Waals surface area contributed by atoms with Gasteiger partial charge in [0.15, 0.2) is 0 Å². The van der Waals surface area contributed by atoms with Crippen LogP contribution in [0.5, 0.6) is 5.88 Å². The van der Waals surface area contributed by atoms with Crippen LogP contribution < -0.4 is 10.5 Å². The minimum Gasteiger partial charge on any atom is -0.478 e. The molecule has 1 aliphatic carbocycles. The fraction of sp³-hybridized carbons (Fsp3) is 0.636. The van der Waals surface area contributed by atoms with Gasteiger partial charge in [0.05, 0.1) is 6.61 Å². The number of anilines is 1. The fourth-order valence-electron chi connectivity index (χ4n) is 1.75. The van der Waals surface area contributed by atoms with Crippen molar-refractivity contribution in [1.82, 2.24) is 9.97 Å². The van der Waals surface area contributed by atoms with Crippen molar-refractivity contribution in [3.05, 3.63) is 11.8 Å². The number of nitrogens with two attached hydrogens (primary N) is 1. The molecule has 0 aromatic carbocycles. The summed E-state index contributed by atoms with van der Waals surface area (Å²) in [7, 11) is 0. The van der Waals surface area contributed by atoms with Crippen LogP contribution in [0.4, 0.5) is 5.95 Å². The maximum atomic E-state index is 5.54. The van der Waals surface area contributed by atoms with E-state index in [0.717, 1.165) is 24.6 Å². The lowest BCUT2D eigenvalue weighted by Crippen LogP contribution is -2.15. The number of nitrogens with zero attached hydrogens (tertiary/aromatic N) is 2. The van der Waals surface area contributed by atoms with Crippen LogP contribution in [0.25, 0.3) is 0 Å². The van der Waals surface area contributed by atoms with Crippen LogP contribution >= 0.6 is 0 Å². The van der Waals surface area contributed by atoms with Gasteiger partial charge in [-0.1, -0.05) is 19.3 Å². The second-order valence-electron chi connectivity index (χ2n) is 4.14. The minimum absolute atomic E-state index is 0.286. The molecule has 0 spiro atoms. The van der Waals surface area contributed by atoms with Crippen LogP contribution in [0.15, 0.2) is 6.07 Å². The van der Waals surface area contributed by atoms with E-state index in [1.54, 1.807) is 0 Å². The SMILES string of the molecule is Cc1cc(OCCC2CCC2)nc(N)n1. The lowest BCUT2D eigenvalue weighted by atomic mass is 9.83. The highest BCUT2D eigenvalue weighted by Gasteiger charge is 2.16. The van der Waals surface area contributed by atoms with Crippen molar-refractivity contribution in [3.63, 3.8) is 0 Å².